The molecule has 5 atom stereocenters. The van der Waals surface area contributed by atoms with E-state index in [1.807, 2.05) is 37.3 Å². The normalized spacial score (nSPS) is 27.7. The smallest absolute Gasteiger partial charge is 0.142 e. The van der Waals surface area contributed by atoms with Gasteiger partial charge in [-0.25, -0.2) is 0 Å². The predicted octanol–water partition coefficient (Wildman–Crippen LogP) is 0.995. The third-order valence-corrected chi connectivity index (χ3v) is 5.72. The summed E-state index contributed by atoms with van der Waals surface area (Å²) in [5.74, 6) is 1.55. The van der Waals surface area contributed by atoms with Gasteiger partial charge in [-0.05, 0) is 47.9 Å². The zero-order valence-corrected chi connectivity index (χ0v) is 17.4. The van der Waals surface area contributed by atoms with E-state index < -0.39 is 37.1 Å². The molecule has 0 aromatic heterocycles. The Morgan fingerprint density at radius 1 is 1.06 bits per heavy atom. The van der Waals surface area contributed by atoms with Gasteiger partial charge in [0.05, 0.1) is 18.9 Å². The van der Waals surface area contributed by atoms with Gasteiger partial charge in [0.1, 0.15) is 48.6 Å². The van der Waals surface area contributed by atoms with E-state index in [0.717, 1.165) is 34.9 Å². The number of fused-ring (bicyclic) bond motifs is 1. The van der Waals surface area contributed by atoms with E-state index >= 15 is 0 Å². The van der Waals surface area contributed by atoms with Crippen LogP contribution in [0.4, 0.5) is 5.69 Å². The zero-order valence-electron chi connectivity index (χ0n) is 17.4. The van der Waals surface area contributed by atoms with Gasteiger partial charge in [0.15, 0.2) is 0 Å². The van der Waals surface area contributed by atoms with Gasteiger partial charge >= 0.3 is 0 Å². The van der Waals surface area contributed by atoms with Crippen molar-refractivity contribution >= 4 is 5.69 Å². The van der Waals surface area contributed by atoms with Crippen LogP contribution in [0.15, 0.2) is 36.4 Å². The maximum atomic E-state index is 10.5. The molecule has 5 N–H and O–H groups in total. The number of ether oxygens (including phenoxy) is 3. The molecule has 168 valence electrons. The second kappa shape index (κ2) is 9.42. The quantitative estimate of drug-likeness (QED) is 0.459. The van der Waals surface area contributed by atoms with E-state index in [4.69, 9.17) is 14.2 Å². The number of hydrogen-bond donors (Lipinski definition) is 5. The van der Waals surface area contributed by atoms with Crippen LogP contribution in [0.1, 0.15) is 29.7 Å². The van der Waals surface area contributed by atoms with Crippen molar-refractivity contribution in [3.8, 4) is 11.5 Å². The molecule has 2 aliphatic heterocycles. The van der Waals surface area contributed by atoms with Gasteiger partial charge in [-0.15, -0.1) is 0 Å². The van der Waals surface area contributed by atoms with E-state index in [1.165, 1.54) is 0 Å². The van der Waals surface area contributed by atoms with Crippen LogP contribution < -0.4 is 14.8 Å². The van der Waals surface area contributed by atoms with Crippen LogP contribution in [0.3, 0.4) is 0 Å². The number of aliphatic hydroxyl groups excluding tert-OH is 4. The Morgan fingerprint density at radius 3 is 2.68 bits per heavy atom. The molecule has 2 aromatic carbocycles. The summed E-state index contributed by atoms with van der Waals surface area (Å²) in [4.78, 5) is 0. The number of nitrogens with one attached hydrogen (secondary N) is 1. The zero-order chi connectivity index (χ0) is 22.0. The summed E-state index contributed by atoms with van der Waals surface area (Å²) < 4.78 is 17.2. The number of hydrogen-bond acceptors (Lipinski definition) is 8. The van der Waals surface area contributed by atoms with E-state index in [0.29, 0.717) is 25.2 Å². The van der Waals surface area contributed by atoms with Gasteiger partial charge in [0.25, 0.3) is 0 Å². The first-order valence-corrected chi connectivity index (χ1v) is 10.6. The van der Waals surface area contributed by atoms with Crippen molar-refractivity contribution in [2.45, 2.75) is 43.9 Å². The maximum Gasteiger partial charge on any atom is 0.142 e. The molecule has 8 heteroatoms. The highest BCUT2D eigenvalue weighted by Crippen LogP contribution is 2.36. The summed E-state index contributed by atoms with van der Waals surface area (Å²) in [6.45, 7) is 3.35. The Labute approximate surface area is 181 Å². The average molecular weight is 431 g/mol. The molecular weight excluding hydrogens is 402 g/mol. The molecule has 0 amide bonds. The molecular formula is C23H29NO7. The standard InChI is InChI=1S/C23H29NO7/c1-2-29-17-6-4-14(23-22(28)21(27)20(26)19(12-25)31-23)11-15(17)9-13-3-5-18-16(10-13)24-7-8-30-18/h3-6,10-11,19-28H,2,7-9,12H2,1H3/t19-,20-,21+,22-,23+/m1/s1. The molecule has 31 heavy (non-hydrogen) atoms. The van der Waals surface area contributed by atoms with Gasteiger partial charge in [-0.1, -0.05) is 12.1 Å². The minimum absolute atomic E-state index is 0.463. The predicted molar refractivity (Wildman–Crippen MR) is 114 cm³/mol. The molecule has 0 aliphatic carbocycles. The lowest BCUT2D eigenvalue weighted by atomic mass is 9.90. The number of aliphatic hydroxyl groups is 4. The minimum Gasteiger partial charge on any atom is -0.494 e. The highest BCUT2D eigenvalue weighted by molar-refractivity contribution is 5.60. The van der Waals surface area contributed by atoms with Crippen LogP contribution in [0.25, 0.3) is 0 Å². The van der Waals surface area contributed by atoms with E-state index in [2.05, 4.69) is 5.32 Å². The van der Waals surface area contributed by atoms with Gasteiger partial charge in [-0.2, -0.15) is 0 Å². The first kappa shape index (κ1) is 21.9. The van der Waals surface area contributed by atoms with E-state index in [9.17, 15) is 20.4 Å². The van der Waals surface area contributed by atoms with Crippen molar-refractivity contribution < 1.29 is 34.6 Å². The topological polar surface area (TPSA) is 121 Å². The Morgan fingerprint density at radius 2 is 1.90 bits per heavy atom. The Hall–Kier alpha value is -2.36. The lowest BCUT2D eigenvalue weighted by molar-refractivity contribution is -0.231. The lowest BCUT2D eigenvalue weighted by Gasteiger charge is -2.40. The van der Waals surface area contributed by atoms with Crippen LogP contribution >= 0.6 is 0 Å². The fourth-order valence-electron chi connectivity index (χ4n) is 4.11. The molecule has 0 radical (unpaired) electrons. The Bertz CT molecular complexity index is 903. The molecule has 0 saturated carbocycles. The SMILES string of the molecule is CCOc1ccc([C@@H]2O[C@H](CO)[C@@H](O)[C@H](O)[C@H]2O)cc1Cc1ccc2c(c1)NCCO2. The van der Waals surface area contributed by atoms with Crippen molar-refractivity contribution in [1.29, 1.82) is 0 Å². The maximum absolute atomic E-state index is 10.5. The largest absolute Gasteiger partial charge is 0.494 e. The van der Waals surface area contributed by atoms with Crippen LogP contribution in [0, 0.1) is 0 Å². The molecule has 0 bridgehead atoms. The highest BCUT2D eigenvalue weighted by atomic mass is 16.5. The van der Waals surface area contributed by atoms with Gasteiger partial charge in [-0.3, -0.25) is 0 Å². The fraction of sp³-hybridized carbons (Fsp3) is 0.478. The number of benzene rings is 2. The summed E-state index contributed by atoms with van der Waals surface area (Å²) in [5, 5.41) is 43.5. The summed E-state index contributed by atoms with van der Waals surface area (Å²) in [6, 6.07) is 11.4. The molecule has 8 nitrogen and oxygen atoms in total. The van der Waals surface area contributed by atoms with Gasteiger partial charge in [0, 0.05) is 13.0 Å². The van der Waals surface area contributed by atoms with E-state index in [-0.39, 0.29) is 0 Å². The lowest BCUT2D eigenvalue weighted by Crippen LogP contribution is -2.55. The third kappa shape index (κ3) is 4.49. The molecule has 2 aromatic rings. The molecule has 0 spiro atoms. The molecule has 4 rings (SSSR count). The van der Waals surface area contributed by atoms with Crippen LogP contribution in [0.5, 0.6) is 11.5 Å². The van der Waals surface area contributed by atoms with Gasteiger partial charge in [0.2, 0.25) is 0 Å². The summed E-state index contributed by atoms with van der Waals surface area (Å²) in [5.41, 5.74) is 3.54. The first-order chi connectivity index (χ1) is 15.0. The summed E-state index contributed by atoms with van der Waals surface area (Å²) >= 11 is 0. The van der Waals surface area contributed by atoms with Crippen molar-refractivity contribution in [1.82, 2.24) is 0 Å². The van der Waals surface area contributed by atoms with Gasteiger partial charge < -0.3 is 40.0 Å². The number of anilines is 1. The average Bonchev–Trinajstić information content (AvgIpc) is 2.79. The van der Waals surface area contributed by atoms with Crippen LogP contribution in [-0.2, 0) is 11.2 Å². The van der Waals surface area contributed by atoms with Crippen LogP contribution in [0.2, 0.25) is 0 Å². The second-order valence-corrected chi connectivity index (χ2v) is 7.83. The monoisotopic (exact) mass is 431 g/mol. The fourth-order valence-corrected chi connectivity index (χ4v) is 4.11. The molecule has 1 fully saturated rings. The first-order valence-electron chi connectivity index (χ1n) is 10.6. The molecule has 0 unspecified atom stereocenters. The van der Waals surface area contributed by atoms with Crippen molar-refractivity contribution in [3.63, 3.8) is 0 Å². The highest BCUT2D eigenvalue weighted by Gasteiger charge is 2.44. The Balaban J connectivity index is 1.63. The molecule has 2 heterocycles. The van der Waals surface area contributed by atoms with Crippen molar-refractivity contribution in [3.05, 3.63) is 53.1 Å². The molecule has 1 saturated heterocycles. The van der Waals surface area contributed by atoms with Crippen molar-refractivity contribution in [2.75, 3.05) is 31.7 Å². The van der Waals surface area contributed by atoms with E-state index in [1.54, 1.807) is 6.07 Å². The Kier molecular flexibility index (Phi) is 6.64. The number of rotatable bonds is 6. The summed E-state index contributed by atoms with van der Waals surface area (Å²) in [7, 11) is 0. The second-order valence-electron chi connectivity index (χ2n) is 7.83. The van der Waals surface area contributed by atoms with Crippen molar-refractivity contribution in [2.24, 2.45) is 0 Å². The third-order valence-electron chi connectivity index (χ3n) is 5.72. The minimum atomic E-state index is -1.42. The van der Waals surface area contributed by atoms with Crippen LogP contribution in [-0.4, -0.2) is 71.2 Å². The molecule has 2 aliphatic rings. The summed E-state index contributed by atoms with van der Waals surface area (Å²) in [6.07, 6.45) is -5.39.